The third-order valence-electron chi connectivity index (χ3n) is 4.08. The fraction of sp³-hybridized carbons (Fsp3) is 0.500. The zero-order chi connectivity index (χ0) is 15.1. The van der Waals surface area contributed by atoms with Crippen LogP contribution in [0.5, 0.6) is 0 Å². The summed E-state index contributed by atoms with van der Waals surface area (Å²) in [6, 6.07) is 0. The van der Waals surface area contributed by atoms with E-state index in [1.165, 1.54) is 0 Å². The highest BCUT2D eigenvalue weighted by molar-refractivity contribution is 7.20. The Hall–Kier alpha value is -1.93. The highest BCUT2D eigenvalue weighted by atomic mass is 32.1. The number of aromatic nitrogens is 5. The van der Waals surface area contributed by atoms with Crippen LogP contribution in [-0.4, -0.2) is 55.2 Å². The molecule has 0 unspecified atom stereocenters. The highest BCUT2D eigenvalue weighted by Gasteiger charge is 2.21. The van der Waals surface area contributed by atoms with Crippen molar-refractivity contribution in [1.82, 2.24) is 29.0 Å². The molecule has 4 heterocycles. The SMILES string of the molecule is Cc1cn2nc(N3CCN(Cc4nccn4C)CC3)sc2n1. The molecule has 0 N–H and O–H groups in total. The Labute approximate surface area is 132 Å². The van der Waals surface area contributed by atoms with Gasteiger partial charge < -0.3 is 9.47 Å². The van der Waals surface area contributed by atoms with E-state index < -0.39 is 0 Å². The Morgan fingerprint density at radius 3 is 2.73 bits per heavy atom. The van der Waals surface area contributed by atoms with Crippen molar-refractivity contribution >= 4 is 21.4 Å². The Balaban J connectivity index is 1.40. The summed E-state index contributed by atoms with van der Waals surface area (Å²) in [7, 11) is 2.05. The second kappa shape index (κ2) is 5.36. The number of anilines is 1. The number of rotatable bonds is 3. The van der Waals surface area contributed by atoms with Gasteiger partial charge in [0.25, 0.3) is 0 Å². The maximum atomic E-state index is 4.64. The number of fused-ring (bicyclic) bond motifs is 1. The van der Waals surface area contributed by atoms with Crippen molar-refractivity contribution in [3.63, 3.8) is 0 Å². The summed E-state index contributed by atoms with van der Waals surface area (Å²) in [5.41, 5.74) is 1.02. The van der Waals surface area contributed by atoms with Crippen LogP contribution >= 0.6 is 11.3 Å². The number of hydrogen-bond donors (Lipinski definition) is 0. The van der Waals surface area contributed by atoms with Crippen molar-refractivity contribution in [3.8, 4) is 0 Å². The topological polar surface area (TPSA) is 54.5 Å². The monoisotopic (exact) mass is 317 g/mol. The van der Waals surface area contributed by atoms with Crippen molar-refractivity contribution in [2.75, 3.05) is 31.1 Å². The lowest BCUT2D eigenvalue weighted by molar-refractivity contribution is 0.241. The Bertz CT molecular complexity index is 747. The van der Waals surface area contributed by atoms with E-state index in [4.69, 9.17) is 0 Å². The van der Waals surface area contributed by atoms with E-state index in [0.717, 1.165) is 54.3 Å². The minimum atomic E-state index is 0.914. The minimum absolute atomic E-state index is 0.914. The third kappa shape index (κ3) is 2.48. The van der Waals surface area contributed by atoms with Gasteiger partial charge in [0.2, 0.25) is 10.1 Å². The van der Waals surface area contributed by atoms with Gasteiger partial charge in [0.15, 0.2) is 0 Å². The van der Waals surface area contributed by atoms with Crippen LogP contribution in [0.25, 0.3) is 4.96 Å². The van der Waals surface area contributed by atoms with E-state index >= 15 is 0 Å². The minimum Gasteiger partial charge on any atom is -0.344 e. The molecule has 3 aromatic heterocycles. The molecule has 1 saturated heterocycles. The zero-order valence-corrected chi connectivity index (χ0v) is 13.6. The summed E-state index contributed by atoms with van der Waals surface area (Å²) in [4.78, 5) is 14.6. The maximum absolute atomic E-state index is 4.64. The van der Waals surface area contributed by atoms with Crippen molar-refractivity contribution in [1.29, 1.82) is 0 Å². The zero-order valence-electron chi connectivity index (χ0n) is 12.8. The van der Waals surface area contributed by atoms with Crippen LogP contribution in [0.2, 0.25) is 0 Å². The molecule has 1 aliphatic rings. The first kappa shape index (κ1) is 13.7. The quantitative estimate of drug-likeness (QED) is 0.725. The molecular weight excluding hydrogens is 298 g/mol. The Morgan fingerprint density at radius 2 is 2.05 bits per heavy atom. The van der Waals surface area contributed by atoms with Crippen LogP contribution in [-0.2, 0) is 13.6 Å². The molecule has 1 fully saturated rings. The van der Waals surface area contributed by atoms with Gasteiger partial charge in [-0.3, -0.25) is 4.90 Å². The molecule has 0 radical (unpaired) electrons. The molecule has 22 heavy (non-hydrogen) atoms. The second-order valence-corrected chi connectivity index (χ2v) is 6.65. The average molecular weight is 317 g/mol. The number of piperazine rings is 1. The van der Waals surface area contributed by atoms with Crippen LogP contribution in [0.15, 0.2) is 18.6 Å². The van der Waals surface area contributed by atoms with Gasteiger partial charge in [0.1, 0.15) is 5.82 Å². The molecule has 116 valence electrons. The van der Waals surface area contributed by atoms with Crippen molar-refractivity contribution in [3.05, 3.63) is 30.1 Å². The fourth-order valence-corrected chi connectivity index (χ4v) is 3.75. The molecule has 0 aliphatic carbocycles. The van der Waals surface area contributed by atoms with Gasteiger partial charge in [-0.2, -0.15) is 0 Å². The molecule has 0 atom stereocenters. The first-order chi connectivity index (χ1) is 10.7. The summed E-state index contributed by atoms with van der Waals surface area (Å²) in [5.74, 6) is 1.12. The standard InChI is InChI=1S/C14H19N7S/c1-11-9-21-13(16-11)22-14(17-21)20-7-5-19(6-8-20)10-12-15-3-4-18(12)2/h3-4,9H,5-8,10H2,1-2H3. The highest BCUT2D eigenvalue weighted by Crippen LogP contribution is 2.24. The smallest absolute Gasteiger partial charge is 0.214 e. The number of nitrogens with zero attached hydrogens (tertiary/aromatic N) is 7. The van der Waals surface area contributed by atoms with Gasteiger partial charge in [-0.1, -0.05) is 11.3 Å². The van der Waals surface area contributed by atoms with E-state index in [9.17, 15) is 0 Å². The molecule has 1 aliphatic heterocycles. The summed E-state index contributed by atoms with van der Waals surface area (Å²) < 4.78 is 3.97. The van der Waals surface area contributed by atoms with Crippen molar-refractivity contribution < 1.29 is 0 Å². The summed E-state index contributed by atoms with van der Waals surface area (Å²) in [6.45, 7) is 6.98. The Kier molecular flexibility index (Phi) is 3.34. The van der Waals surface area contributed by atoms with E-state index in [-0.39, 0.29) is 0 Å². The lowest BCUT2D eigenvalue weighted by Gasteiger charge is -2.34. The normalized spacial score (nSPS) is 16.7. The van der Waals surface area contributed by atoms with Gasteiger partial charge in [-0.15, -0.1) is 5.10 Å². The lowest BCUT2D eigenvalue weighted by Crippen LogP contribution is -2.46. The molecule has 0 saturated carbocycles. The van der Waals surface area contributed by atoms with Crippen molar-refractivity contribution in [2.24, 2.45) is 7.05 Å². The molecule has 0 bridgehead atoms. The third-order valence-corrected chi connectivity index (χ3v) is 5.07. The molecule has 8 heteroatoms. The molecule has 7 nitrogen and oxygen atoms in total. The number of hydrogen-bond acceptors (Lipinski definition) is 6. The van der Waals surface area contributed by atoms with Gasteiger partial charge in [0, 0.05) is 45.6 Å². The first-order valence-electron chi connectivity index (χ1n) is 7.45. The van der Waals surface area contributed by atoms with Crippen LogP contribution in [0.1, 0.15) is 11.5 Å². The van der Waals surface area contributed by atoms with Crippen molar-refractivity contribution in [2.45, 2.75) is 13.5 Å². The maximum Gasteiger partial charge on any atom is 0.214 e. The summed E-state index contributed by atoms with van der Waals surface area (Å²) in [5, 5.41) is 5.70. The number of aryl methyl sites for hydroxylation is 2. The van der Waals surface area contributed by atoms with Crippen LogP contribution in [0, 0.1) is 6.92 Å². The number of imidazole rings is 2. The van der Waals surface area contributed by atoms with E-state index in [2.05, 4.69) is 29.4 Å². The second-order valence-electron chi connectivity index (χ2n) is 5.71. The van der Waals surface area contributed by atoms with Gasteiger partial charge in [-0.05, 0) is 6.92 Å². The largest absolute Gasteiger partial charge is 0.344 e. The predicted octanol–water partition coefficient (Wildman–Crippen LogP) is 1.15. The van der Waals surface area contributed by atoms with Crippen LogP contribution < -0.4 is 4.90 Å². The predicted molar refractivity (Wildman–Crippen MR) is 86.3 cm³/mol. The van der Waals surface area contributed by atoms with E-state index in [1.807, 2.05) is 37.1 Å². The lowest BCUT2D eigenvalue weighted by atomic mass is 10.3. The molecular formula is C14H19N7S. The molecule has 3 aromatic rings. The first-order valence-corrected chi connectivity index (χ1v) is 8.27. The van der Waals surface area contributed by atoms with Gasteiger partial charge in [0.05, 0.1) is 18.4 Å². The summed E-state index contributed by atoms with van der Waals surface area (Å²) in [6.07, 6.45) is 5.84. The van der Waals surface area contributed by atoms with Crippen LogP contribution in [0.3, 0.4) is 0 Å². The molecule has 4 rings (SSSR count). The Morgan fingerprint density at radius 1 is 1.23 bits per heavy atom. The molecule has 0 amide bonds. The fourth-order valence-electron chi connectivity index (χ4n) is 2.77. The van der Waals surface area contributed by atoms with E-state index in [1.54, 1.807) is 11.3 Å². The van der Waals surface area contributed by atoms with Gasteiger partial charge >= 0.3 is 0 Å². The van der Waals surface area contributed by atoms with E-state index in [0.29, 0.717) is 0 Å². The molecule has 0 aromatic carbocycles. The van der Waals surface area contributed by atoms with Gasteiger partial charge in [-0.25, -0.2) is 14.5 Å². The average Bonchev–Trinajstić information content (AvgIpc) is 3.15. The molecule has 0 spiro atoms. The van der Waals surface area contributed by atoms with Crippen LogP contribution in [0.4, 0.5) is 5.13 Å². The summed E-state index contributed by atoms with van der Waals surface area (Å²) >= 11 is 1.67.